The van der Waals surface area contributed by atoms with Crippen molar-refractivity contribution in [2.75, 3.05) is 13.1 Å². The zero-order valence-electron chi connectivity index (χ0n) is 12.3. The average Bonchev–Trinajstić information content (AvgIpc) is 2.57. The van der Waals surface area contributed by atoms with Crippen LogP contribution in [0.2, 0.25) is 5.02 Å². The van der Waals surface area contributed by atoms with Crippen molar-refractivity contribution in [2.45, 2.75) is 18.8 Å². The summed E-state index contributed by atoms with van der Waals surface area (Å²) in [5.74, 6) is -0.679. The van der Waals surface area contributed by atoms with Gasteiger partial charge in [0.15, 0.2) is 0 Å². The Morgan fingerprint density at radius 1 is 1.39 bits per heavy atom. The van der Waals surface area contributed by atoms with Crippen molar-refractivity contribution < 1.29 is 9.18 Å². The minimum absolute atomic E-state index is 0.0549. The lowest BCUT2D eigenvalue weighted by molar-refractivity contribution is 0.0705. The molecule has 1 aliphatic heterocycles. The Kier molecular flexibility index (Phi) is 4.43. The van der Waals surface area contributed by atoms with Crippen LogP contribution in [0.15, 0.2) is 35.3 Å². The van der Waals surface area contributed by atoms with Crippen LogP contribution in [0.25, 0.3) is 0 Å². The van der Waals surface area contributed by atoms with Crippen molar-refractivity contribution >= 4 is 17.5 Å². The fraction of sp³-hybridized carbons (Fsp3) is 0.312. The van der Waals surface area contributed by atoms with Gasteiger partial charge in [0.25, 0.3) is 5.91 Å². The predicted molar refractivity (Wildman–Crippen MR) is 84.1 cm³/mol. The van der Waals surface area contributed by atoms with E-state index < -0.39 is 11.5 Å². The van der Waals surface area contributed by atoms with Crippen LogP contribution in [-0.2, 0) is 0 Å². The Labute approximate surface area is 137 Å². The molecule has 1 aromatic heterocycles. The van der Waals surface area contributed by atoms with E-state index in [2.05, 4.69) is 9.97 Å². The number of carbonyl (C=O) groups is 1. The maximum atomic E-state index is 13.2. The number of hydrogen-bond donors (Lipinski definition) is 1. The molecule has 0 aliphatic carbocycles. The van der Waals surface area contributed by atoms with E-state index in [1.54, 1.807) is 11.0 Å². The maximum Gasteiger partial charge on any atom is 0.345 e. The Bertz CT molecular complexity index is 793. The second kappa shape index (κ2) is 6.50. The highest BCUT2D eigenvalue weighted by Crippen LogP contribution is 2.26. The first-order valence-electron chi connectivity index (χ1n) is 7.34. The minimum atomic E-state index is -0.547. The number of hydrogen-bond acceptors (Lipinski definition) is 3. The van der Waals surface area contributed by atoms with E-state index in [4.69, 9.17) is 11.6 Å². The molecule has 1 atom stereocenters. The monoisotopic (exact) mass is 335 g/mol. The van der Waals surface area contributed by atoms with E-state index in [9.17, 15) is 14.0 Å². The fourth-order valence-electron chi connectivity index (χ4n) is 2.85. The number of piperidine rings is 1. The van der Waals surface area contributed by atoms with Crippen LogP contribution in [0.1, 0.15) is 34.8 Å². The largest absolute Gasteiger partial charge is 0.345 e. The summed E-state index contributed by atoms with van der Waals surface area (Å²) < 4.78 is 13.2. The molecule has 1 N–H and O–H groups in total. The molecule has 0 saturated carbocycles. The van der Waals surface area contributed by atoms with Crippen molar-refractivity contribution in [1.29, 1.82) is 0 Å². The summed E-state index contributed by atoms with van der Waals surface area (Å²) in [6.07, 6.45) is 3.18. The van der Waals surface area contributed by atoms with Gasteiger partial charge in [0.05, 0.1) is 5.02 Å². The first-order valence-corrected chi connectivity index (χ1v) is 7.72. The molecular weight excluding hydrogens is 321 g/mol. The quantitative estimate of drug-likeness (QED) is 0.917. The number of nitrogens with zero attached hydrogens (tertiary/aromatic N) is 2. The number of aromatic amines is 1. The van der Waals surface area contributed by atoms with Crippen LogP contribution in [0, 0.1) is 5.82 Å². The van der Waals surface area contributed by atoms with Crippen molar-refractivity contribution in [1.82, 2.24) is 14.9 Å². The summed E-state index contributed by atoms with van der Waals surface area (Å²) in [5, 5.41) is -0.0668. The van der Waals surface area contributed by atoms with E-state index in [0.29, 0.717) is 18.7 Å². The van der Waals surface area contributed by atoms with Gasteiger partial charge in [0, 0.05) is 36.5 Å². The van der Waals surface area contributed by atoms with Gasteiger partial charge in [-0.15, -0.1) is 0 Å². The lowest BCUT2D eigenvalue weighted by atomic mass is 9.94. The highest BCUT2D eigenvalue weighted by atomic mass is 35.5. The van der Waals surface area contributed by atoms with E-state index in [-0.39, 0.29) is 16.8 Å². The molecule has 1 unspecified atom stereocenters. The van der Waals surface area contributed by atoms with E-state index in [1.165, 1.54) is 24.4 Å². The number of carbonyl (C=O) groups excluding carboxylic acids is 1. The van der Waals surface area contributed by atoms with Gasteiger partial charge in [-0.1, -0.05) is 11.6 Å². The molecule has 1 amide bonds. The highest BCUT2D eigenvalue weighted by Gasteiger charge is 2.26. The number of halogens is 2. The number of likely N-dealkylation sites (tertiary alicyclic amines) is 1. The number of aromatic nitrogens is 2. The van der Waals surface area contributed by atoms with Crippen LogP contribution >= 0.6 is 11.6 Å². The smallest absolute Gasteiger partial charge is 0.338 e. The summed E-state index contributed by atoms with van der Waals surface area (Å²) in [6.45, 7) is 1.12. The second-order valence-corrected chi connectivity index (χ2v) is 5.96. The molecule has 1 fully saturated rings. The number of rotatable bonds is 2. The minimum Gasteiger partial charge on any atom is -0.338 e. The topological polar surface area (TPSA) is 66.1 Å². The van der Waals surface area contributed by atoms with E-state index >= 15 is 0 Å². The normalized spacial score (nSPS) is 18.0. The average molecular weight is 336 g/mol. The molecule has 2 heterocycles. The summed E-state index contributed by atoms with van der Waals surface area (Å²) >= 11 is 5.75. The first kappa shape index (κ1) is 15.7. The van der Waals surface area contributed by atoms with Crippen LogP contribution in [0.3, 0.4) is 0 Å². The van der Waals surface area contributed by atoms with Gasteiger partial charge in [0.2, 0.25) is 0 Å². The Morgan fingerprint density at radius 3 is 2.96 bits per heavy atom. The van der Waals surface area contributed by atoms with Crippen molar-refractivity contribution in [2.24, 2.45) is 0 Å². The molecule has 1 aliphatic rings. The zero-order valence-corrected chi connectivity index (χ0v) is 13.0. The molecule has 7 heteroatoms. The second-order valence-electron chi connectivity index (χ2n) is 5.55. The molecular formula is C16H15ClFN3O2. The molecule has 5 nitrogen and oxygen atoms in total. The van der Waals surface area contributed by atoms with Gasteiger partial charge in [-0.25, -0.2) is 14.2 Å². The van der Waals surface area contributed by atoms with Gasteiger partial charge in [-0.05, 0) is 37.1 Å². The maximum absolute atomic E-state index is 13.2. The van der Waals surface area contributed by atoms with Crippen LogP contribution in [0.5, 0.6) is 0 Å². The Balaban J connectivity index is 1.79. The molecule has 1 saturated heterocycles. The van der Waals surface area contributed by atoms with Crippen LogP contribution < -0.4 is 5.69 Å². The standard InChI is InChI=1S/C16H15ClFN3O2/c17-12-8-10(3-4-13(12)18)15(22)21-7-1-2-11(9-21)14-5-6-19-16(23)20-14/h3-6,8,11H,1-2,7,9H2,(H,19,20,23). The van der Waals surface area contributed by atoms with E-state index in [1.807, 2.05) is 0 Å². The first-order chi connectivity index (χ1) is 11.0. The van der Waals surface area contributed by atoms with Crippen molar-refractivity contribution in [3.8, 4) is 0 Å². The lowest BCUT2D eigenvalue weighted by Crippen LogP contribution is -2.39. The van der Waals surface area contributed by atoms with E-state index in [0.717, 1.165) is 18.5 Å². The molecule has 120 valence electrons. The van der Waals surface area contributed by atoms with Crippen molar-refractivity contribution in [3.05, 3.63) is 63.0 Å². The van der Waals surface area contributed by atoms with Gasteiger partial charge in [-0.2, -0.15) is 0 Å². The predicted octanol–water partition coefficient (Wildman–Crippen LogP) is 2.58. The van der Waals surface area contributed by atoms with Crippen LogP contribution in [-0.4, -0.2) is 33.9 Å². The molecule has 2 aromatic rings. The number of nitrogens with one attached hydrogen (secondary N) is 1. The lowest BCUT2D eigenvalue weighted by Gasteiger charge is -2.32. The highest BCUT2D eigenvalue weighted by molar-refractivity contribution is 6.31. The van der Waals surface area contributed by atoms with Gasteiger partial charge >= 0.3 is 5.69 Å². The van der Waals surface area contributed by atoms with Gasteiger partial charge < -0.3 is 9.88 Å². The molecule has 0 radical (unpaired) electrons. The molecule has 0 spiro atoms. The summed E-state index contributed by atoms with van der Waals surface area (Å²) in [6, 6.07) is 5.73. The third kappa shape index (κ3) is 3.42. The van der Waals surface area contributed by atoms with Crippen molar-refractivity contribution in [3.63, 3.8) is 0 Å². The third-order valence-corrected chi connectivity index (χ3v) is 4.30. The summed E-state index contributed by atoms with van der Waals surface area (Å²) in [4.78, 5) is 31.9. The van der Waals surface area contributed by atoms with Crippen LogP contribution in [0.4, 0.5) is 4.39 Å². The molecule has 23 heavy (non-hydrogen) atoms. The SMILES string of the molecule is O=C(c1ccc(F)c(Cl)c1)N1CCCC(c2ccnc(=O)[nH]2)C1. The van der Waals surface area contributed by atoms with Gasteiger partial charge in [0.1, 0.15) is 5.82 Å². The zero-order chi connectivity index (χ0) is 16.4. The Hall–Kier alpha value is -2.21. The van der Waals surface area contributed by atoms with Gasteiger partial charge in [-0.3, -0.25) is 4.79 Å². The number of amides is 1. The third-order valence-electron chi connectivity index (χ3n) is 4.01. The summed E-state index contributed by atoms with van der Waals surface area (Å²) in [7, 11) is 0. The molecule has 1 aromatic carbocycles. The molecule has 0 bridgehead atoms. The number of benzene rings is 1. The molecule has 3 rings (SSSR count). The fourth-order valence-corrected chi connectivity index (χ4v) is 3.03. The summed E-state index contributed by atoms with van der Waals surface area (Å²) in [5.41, 5.74) is 0.746. The number of H-pyrrole nitrogens is 1. The Morgan fingerprint density at radius 2 is 2.22 bits per heavy atom.